The van der Waals surface area contributed by atoms with Crippen LogP contribution in [0.1, 0.15) is 13.8 Å². The molecule has 0 amide bonds. The van der Waals surface area contributed by atoms with Crippen molar-refractivity contribution in [1.82, 2.24) is 0 Å². The van der Waals surface area contributed by atoms with Crippen LogP contribution in [0.5, 0.6) is 0 Å². The molecule has 0 saturated carbocycles. The van der Waals surface area contributed by atoms with E-state index >= 15 is 0 Å². The maximum atomic E-state index is 5.72. The molecule has 1 nitrogen and oxygen atoms in total. The average molecular weight is 170 g/mol. The zero-order valence-corrected chi connectivity index (χ0v) is 7.52. The first-order chi connectivity index (χ1) is 5.18. The van der Waals surface area contributed by atoms with Crippen LogP contribution in [0.25, 0.3) is 0 Å². The zero-order chi connectivity index (χ0) is 8.27. The molecule has 2 heteroatoms. The van der Waals surface area contributed by atoms with Gasteiger partial charge in [-0.3, -0.25) is 0 Å². The summed E-state index contributed by atoms with van der Waals surface area (Å²) in [5, 5.41) is 4.05. The van der Waals surface area contributed by atoms with Crippen molar-refractivity contribution in [2.24, 2.45) is 0 Å². The zero-order valence-electron chi connectivity index (χ0n) is 6.76. The van der Waals surface area contributed by atoms with Gasteiger partial charge >= 0.3 is 0 Å². The molecule has 1 aromatic carbocycles. The molecular formula is C9H12ClN. The van der Waals surface area contributed by atoms with Crippen molar-refractivity contribution in [2.45, 2.75) is 19.9 Å². The Morgan fingerprint density at radius 3 is 2.18 bits per heavy atom. The van der Waals surface area contributed by atoms with Gasteiger partial charge in [-0.25, -0.2) is 0 Å². The van der Waals surface area contributed by atoms with E-state index in [1.165, 1.54) is 0 Å². The second-order valence-corrected chi connectivity index (χ2v) is 3.24. The summed E-state index contributed by atoms with van der Waals surface area (Å²) in [6, 6.07) is 8.18. The number of nitrogens with one attached hydrogen (secondary N) is 1. The molecule has 1 N–H and O–H groups in total. The molecule has 0 bridgehead atoms. The van der Waals surface area contributed by atoms with E-state index in [0.29, 0.717) is 6.04 Å². The van der Waals surface area contributed by atoms with Crippen LogP contribution in [0.4, 0.5) is 5.69 Å². The highest BCUT2D eigenvalue weighted by Gasteiger charge is 1.93. The van der Waals surface area contributed by atoms with Crippen molar-refractivity contribution in [2.75, 3.05) is 5.32 Å². The minimum Gasteiger partial charge on any atom is -0.383 e. The third kappa shape index (κ3) is 2.81. The number of halogens is 1. The topological polar surface area (TPSA) is 12.0 Å². The maximum Gasteiger partial charge on any atom is 0.0407 e. The molecule has 0 fully saturated rings. The van der Waals surface area contributed by atoms with Crippen molar-refractivity contribution in [3.8, 4) is 0 Å². The van der Waals surface area contributed by atoms with Crippen molar-refractivity contribution >= 4 is 17.3 Å². The molecule has 0 radical (unpaired) electrons. The largest absolute Gasteiger partial charge is 0.383 e. The van der Waals surface area contributed by atoms with E-state index < -0.39 is 0 Å². The van der Waals surface area contributed by atoms with E-state index in [1.54, 1.807) is 0 Å². The molecule has 0 heterocycles. The van der Waals surface area contributed by atoms with Gasteiger partial charge in [0.05, 0.1) is 0 Å². The minimum atomic E-state index is 0.469. The van der Waals surface area contributed by atoms with Gasteiger partial charge < -0.3 is 5.32 Å². The van der Waals surface area contributed by atoms with Crippen molar-refractivity contribution in [1.29, 1.82) is 0 Å². The Labute approximate surface area is 72.4 Å². The fraction of sp³-hybridized carbons (Fsp3) is 0.333. The fourth-order valence-corrected chi connectivity index (χ4v) is 1.01. The van der Waals surface area contributed by atoms with E-state index in [-0.39, 0.29) is 0 Å². The normalized spacial score (nSPS) is 10.2. The number of rotatable bonds is 2. The lowest BCUT2D eigenvalue weighted by atomic mass is 10.3. The van der Waals surface area contributed by atoms with Crippen LogP contribution in [-0.2, 0) is 0 Å². The summed E-state index contributed by atoms with van der Waals surface area (Å²) in [5.41, 5.74) is 1.12. The first kappa shape index (κ1) is 8.41. The highest BCUT2D eigenvalue weighted by atomic mass is 35.5. The van der Waals surface area contributed by atoms with Crippen LogP contribution < -0.4 is 5.32 Å². The summed E-state index contributed by atoms with van der Waals surface area (Å²) >= 11 is 5.72. The van der Waals surface area contributed by atoms with E-state index in [9.17, 15) is 0 Å². The average Bonchev–Trinajstić information content (AvgIpc) is 1.93. The SMILES string of the molecule is CC(C)Nc1ccc(Cl)cc1. The lowest BCUT2D eigenvalue weighted by Gasteiger charge is -2.08. The van der Waals surface area contributed by atoms with Gasteiger partial charge in [0.25, 0.3) is 0 Å². The Morgan fingerprint density at radius 2 is 1.73 bits per heavy atom. The van der Waals surface area contributed by atoms with Gasteiger partial charge in [0, 0.05) is 16.8 Å². The van der Waals surface area contributed by atoms with Crippen LogP contribution in [0, 0.1) is 0 Å². The smallest absolute Gasteiger partial charge is 0.0407 e. The Kier molecular flexibility index (Phi) is 2.77. The Bertz CT molecular complexity index is 216. The van der Waals surface area contributed by atoms with Crippen LogP contribution >= 0.6 is 11.6 Å². The van der Waals surface area contributed by atoms with E-state index in [4.69, 9.17) is 11.6 Å². The summed E-state index contributed by atoms with van der Waals surface area (Å²) in [4.78, 5) is 0. The lowest BCUT2D eigenvalue weighted by Crippen LogP contribution is -2.08. The summed E-state index contributed by atoms with van der Waals surface area (Å²) < 4.78 is 0. The van der Waals surface area contributed by atoms with Crippen LogP contribution in [0.15, 0.2) is 24.3 Å². The molecule has 1 rings (SSSR count). The molecule has 0 spiro atoms. The fourth-order valence-electron chi connectivity index (χ4n) is 0.879. The van der Waals surface area contributed by atoms with Gasteiger partial charge in [0.15, 0.2) is 0 Å². The van der Waals surface area contributed by atoms with Gasteiger partial charge in [0.2, 0.25) is 0 Å². The molecule has 0 aliphatic heterocycles. The molecule has 0 atom stereocenters. The first-order valence-corrected chi connectivity index (χ1v) is 4.08. The van der Waals surface area contributed by atoms with Gasteiger partial charge in [-0.2, -0.15) is 0 Å². The second-order valence-electron chi connectivity index (χ2n) is 2.81. The molecule has 60 valence electrons. The molecule has 0 aromatic heterocycles. The number of hydrogen-bond donors (Lipinski definition) is 1. The van der Waals surface area contributed by atoms with E-state index in [2.05, 4.69) is 19.2 Å². The van der Waals surface area contributed by atoms with E-state index in [0.717, 1.165) is 10.7 Å². The van der Waals surface area contributed by atoms with Crippen molar-refractivity contribution in [3.63, 3.8) is 0 Å². The Morgan fingerprint density at radius 1 is 1.18 bits per heavy atom. The van der Waals surface area contributed by atoms with Crippen LogP contribution in [0.2, 0.25) is 5.02 Å². The second kappa shape index (κ2) is 3.63. The Hall–Kier alpha value is -0.690. The Balaban J connectivity index is 2.66. The van der Waals surface area contributed by atoms with Crippen molar-refractivity contribution in [3.05, 3.63) is 29.3 Å². The highest BCUT2D eigenvalue weighted by Crippen LogP contribution is 2.13. The first-order valence-electron chi connectivity index (χ1n) is 3.70. The summed E-state index contributed by atoms with van der Waals surface area (Å²) in [6.07, 6.45) is 0. The number of hydrogen-bond acceptors (Lipinski definition) is 1. The van der Waals surface area contributed by atoms with Gasteiger partial charge in [-0.1, -0.05) is 11.6 Å². The number of benzene rings is 1. The molecule has 11 heavy (non-hydrogen) atoms. The van der Waals surface area contributed by atoms with Gasteiger partial charge in [0.1, 0.15) is 0 Å². The maximum absolute atomic E-state index is 5.72. The predicted octanol–water partition coefficient (Wildman–Crippen LogP) is 3.16. The quantitative estimate of drug-likeness (QED) is 0.717. The molecule has 0 unspecified atom stereocenters. The summed E-state index contributed by atoms with van der Waals surface area (Å²) in [7, 11) is 0. The standard InChI is InChI=1S/C9H12ClN/c1-7(2)11-9-5-3-8(10)4-6-9/h3-7,11H,1-2H3. The van der Waals surface area contributed by atoms with Crippen LogP contribution in [0.3, 0.4) is 0 Å². The predicted molar refractivity (Wildman–Crippen MR) is 50.2 cm³/mol. The molecule has 0 saturated heterocycles. The minimum absolute atomic E-state index is 0.469. The number of anilines is 1. The molecule has 0 aliphatic carbocycles. The van der Waals surface area contributed by atoms with Gasteiger partial charge in [-0.15, -0.1) is 0 Å². The third-order valence-electron chi connectivity index (χ3n) is 1.30. The third-order valence-corrected chi connectivity index (χ3v) is 1.55. The van der Waals surface area contributed by atoms with E-state index in [1.807, 2.05) is 24.3 Å². The highest BCUT2D eigenvalue weighted by molar-refractivity contribution is 6.30. The lowest BCUT2D eigenvalue weighted by molar-refractivity contribution is 0.900. The summed E-state index contributed by atoms with van der Waals surface area (Å²) in [6.45, 7) is 4.21. The monoisotopic (exact) mass is 169 g/mol. The summed E-state index contributed by atoms with van der Waals surface area (Å²) in [5.74, 6) is 0. The van der Waals surface area contributed by atoms with Gasteiger partial charge in [-0.05, 0) is 38.1 Å². The van der Waals surface area contributed by atoms with Crippen LogP contribution in [-0.4, -0.2) is 6.04 Å². The van der Waals surface area contributed by atoms with Crippen molar-refractivity contribution < 1.29 is 0 Å². The molecule has 0 aliphatic rings. The molecule has 1 aromatic rings. The molecular weight excluding hydrogens is 158 g/mol.